The van der Waals surface area contributed by atoms with E-state index in [0.717, 1.165) is 17.5 Å². The quantitative estimate of drug-likeness (QED) is 0.650. The lowest BCUT2D eigenvalue weighted by molar-refractivity contribution is 1.11. The summed E-state index contributed by atoms with van der Waals surface area (Å²) in [5, 5.41) is 1.20. The molecule has 12 heavy (non-hydrogen) atoms. The summed E-state index contributed by atoms with van der Waals surface area (Å²) in [4.78, 5) is 4.49. The molecule has 0 spiro atoms. The number of hydrogen-bond donors (Lipinski definition) is 0. The maximum absolute atomic E-state index is 4.49. The second-order valence-electron chi connectivity index (χ2n) is 2.73. The van der Waals surface area contributed by atoms with Gasteiger partial charge in [-0.2, -0.15) is 0 Å². The fourth-order valence-corrected chi connectivity index (χ4v) is 2.16. The van der Waals surface area contributed by atoms with E-state index < -0.39 is 0 Å². The Morgan fingerprint density at radius 2 is 2.33 bits per heavy atom. The van der Waals surface area contributed by atoms with Gasteiger partial charge in [0.25, 0.3) is 0 Å². The van der Waals surface area contributed by atoms with Crippen LogP contribution in [0.15, 0.2) is 18.2 Å². The maximum Gasteiger partial charge on any atom is 0.0935 e. The number of fused-ring (bicyclic) bond motifs is 1. The third-order valence-electron chi connectivity index (χ3n) is 1.85. The van der Waals surface area contributed by atoms with E-state index in [1.807, 2.05) is 12.1 Å². The molecule has 1 aromatic carbocycles. The zero-order valence-corrected chi connectivity index (χ0v) is 7.82. The zero-order chi connectivity index (χ0) is 8.55. The van der Waals surface area contributed by atoms with E-state index >= 15 is 0 Å². The molecule has 0 aliphatic rings. The van der Waals surface area contributed by atoms with Crippen LogP contribution >= 0.6 is 11.3 Å². The first-order valence-electron chi connectivity index (χ1n) is 4.01. The van der Waals surface area contributed by atoms with E-state index in [0.29, 0.717) is 0 Å². The van der Waals surface area contributed by atoms with Crippen LogP contribution in [0.3, 0.4) is 0 Å². The van der Waals surface area contributed by atoms with E-state index in [4.69, 9.17) is 0 Å². The highest BCUT2D eigenvalue weighted by molar-refractivity contribution is 7.18. The predicted octanol–water partition coefficient (Wildman–Crippen LogP) is 3.04. The molecule has 0 N–H and O–H groups in total. The van der Waals surface area contributed by atoms with E-state index in [9.17, 15) is 0 Å². The van der Waals surface area contributed by atoms with Crippen molar-refractivity contribution in [1.29, 1.82) is 0 Å². The summed E-state index contributed by atoms with van der Waals surface area (Å²) in [6.07, 6.45) is 1.01. The molecule has 0 saturated heterocycles. The van der Waals surface area contributed by atoms with Crippen molar-refractivity contribution in [2.75, 3.05) is 0 Å². The van der Waals surface area contributed by atoms with Gasteiger partial charge in [-0.1, -0.05) is 19.1 Å². The molecule has 0 amide bonds. The molecule has 0 fully saturated rings. The molecule has 0 saturated carbocycles. The lowest BCUT2D eigenvalue weighted by atomic mass is 10.2. The van der Waals surface area contributed by atoms with Gasteiger partial charge in [0.1, 0.15) is 0 Å². The van der Waals surface area contributed by atoms with E-state index in [1.165, 1.54) is 9.71 Å². The fraction of sp³-hybridized carbons (Fsp3) is 0.200. The normalized spacial score (nSPS) is 10.8. The van der Waals surface area contributed by atoms with Gasteiger partial charge >= 0.3 is 0 Å². The van der Waals surface area contributed by atoms with E-state index in [2.05, 4.69) is 24.9 Å². The van der Waals surface area contributed by atoms with Crippen molar-refractivity contribution < 1.29 is 0 Å². The molecule has 2 heteroatoms. The molecular formula is C10H10NS. The van der Waals surface area contributed by atoms with E-state index in [1.54, 1.807) is 11.3 Å². The van der Waals surface area contributed by atoms with Crippen molar-refractivity contribution in [3.05, 3.63) is 35.7 Å². The summed E-state index contributed by atoms with van der Waals surface area (Å²) >= 11 is 1.76. The van der Waals surface area contributed by atoms with Gasteiger partial charge in [-0.15, -0.1) is 11.3 Å². The summed E-state index contributed by atoms with van der Waals surface area (Å²) in [5.74, 6) is 0. The van der Waals surface area contributed by atoms with Crippen molar-refractivity contribution in [2.45, 2.75) is 13.3 Å². The lowest BCUT2D eigenvalue weighted by Crippen LogP contribution is -1.77. The van der Waals surface area contributed by atoms with Gasteiger partial charge in [0.2, 0.25) is 0 Å². The van der Waals surface area contributed by atoms with Gasteiger partial charge in [-0.05, 0) is 25.0 Å². The number of nitrogens with zero attached hydrogens (tertiary/aromatic N) is 1. The maximum atomic E-state index is 4.49. The largest absolute Gasteiger partial charge is 0.241 e. The van der Waals surface area contributed by atoms with Crippen molar-refractivity contribution in [1.82, 2.24) is 4.98 Å². The Bertz CT molecular complexity index is 403. The summed E-state index contributed by atoms with van der Waals surface area (Å²) in [7, 11) is 0. The number of hydrogen-bond acceptors (Lipinski definition) is 2. The number of para-hydroxylation sites is 1. The highest BCUT2D eigenvalue weighted by Gasteiger charge is 2.02. The van der Waals surface area contributed by atoms with Gasteiger partial charge in [-0.25, -0.2) is 4.98 Å². The summed E-state index contributed by atoms with van der Waals surface area (Å²) in [5.41, 5.74) is 2.10. The van der Waals surface area contributed by atoms with Crippen LogP contribution < -0.4 is 0 Å². The van der Waals surface area contributed by atoms with Crippen LogP contribution in [0.2, 0.25) is 0 Å². The summed E-state index contributed by atoms with van der Waals surface area (Å²) in [6.45, 7) is 6.07. The Hall–Kier alpha value is -0.890. The minimum Gasteiger partial charge on any atom is -0.241 e. The van der Waals surface area contributed by atoms with E-state index in [-0.39, 0.29) is 0 Å². The SMILES string of the molecule is [CH2]c1cccc2sc(CC)nc12. The van der Waals surface area contributed by atoms with Crippen LogP contribution in [0.4, 0.5) is 0 Å². The highest BCUT2D eigenvalue weighted by Crippen LogP contribution is 2.24. The zero-order valence-electron chi connectivity index (χ0n) is 7.00. The summed E-state index contributed by atoms with van der Waals surface area (Å²) in [6, 6.07) is 6.13. The van der Waals surface area contributed by atoms with Gasteiger partial charge in [0.15, 0.2) is 0 Å². The topological polar surface area (TPSA) is 12.9 Å². The van der Waals surface area contributed by atoms with Crippen molar-refractivity contribution in [2.24, 2.45) is 0 Å². The molecule has 1 aromatic heterocycles. The molecule has 61 valence electrons. The Labute approximate surface area is 76.1 Å². The van der Waals surface area contributed by atoms with Crippen LogP contribution in [0, 0.1) is 6.92 Å². The first kappa shape index (κ1) is 7.74. The van der Waals surface area contributed by atoms with Crippen LogP contribution in [-0.4, -0.2) is 4.98 Å². The highest BCUT2D eigenvalue weighted by atomic mass is 32.1. The van der Waals surface area contributed by atoms with Crippen molar-refractivity contribution in [3.8, 4) is 0 Å². The minimum atomic E-state index is 1.01. The average Bonchev–Trinajstić information content (AvgIpc) is 2.49. The molecule has 0 aliphatic carbocycles. The monoisotopic (exact) mass is 176 g/mol. The predicted molar refractivity (Wildman–Crippen MR) is 53.5 cm³/mol. The average molecular weight is 176 g/mol. The summed E-state index contributed by atoms with van der Waals surface area (Å²) < 4.78 is 1.25. The van der Waals surface area contributed by atoms with Crippen LogP contribution in [0.1, 0.15) is 17.5 Å². The van der Waals surface area contributed by atoms with Crippen LogP contribution in [0.25, 0.3) is 10.2 Å². The number of aryl methyl sites for hydroxylation is 1. The Morgan fingerprint density at radius 1 is 1.50 bits per heavy atom. The number of benzene rings is 1. The number of rotatable bonds is 1. The molecule has 0 atom stereocenters. The molecule has 0 aliphatic heterocycles. The molecule has 2 aromatic rings. The third kappa shape index (κ3) is 1.12. The lowest BCUT2D eigenvalue weighted by Gasteiger charge is -1.90. The Balaban J connectivity index is 2.74. The van der Waals surface area contributed by atoms with Crippen LogP contribution in [0.5, 0.6) is 0 Å². The molecule has 1 nitrogen and oxygen atoms in total. The first-order valence-corrected chi connectivity index (χ1v) is 4.83. The fourth-order valence-electron chi connectivity index (χ4n) is 1.20. The molecule has 0 bridgehead atoms. The van der Waals surface area contributed by atoms with Crippen molar-refractivity contribution in [3.63, 3.8) is 0 Å². The van der Waals surface area contributed by atoms with Gasteiger partial charge in [0, 0.05) is 0 Å². The minimum absolute atomic E-state index is 1.01. The number of thiazole rings is 1. The molecule has 1 radical (unpaired) electrons. The smallest absolute Gasteiger partial charge is 0.0935 e. The molecule has 0 unspecified atom stereocenters. The van der Waals surface area contributed by atoms with Gasteiger partial charge in [0.05, 0.1) is 15.2 Å². The number of aromatic nitrogens is 1. The first-order chi connectivity index (χ1) is 5.81. The standard InChI is InChI=1S/C10H10NS/c1-3-9-11-10-7(2)5-4-6-8(10)12-9/h4-6H,2-3H2,1H3. The van der Waals surface area contributed by atoms with Gasteiger partial charge < -0.3 is 0 Å². The molecular weight excluding hydrogens is 166 g/mol. The Morgan fingerprint density at radius 3 is 3.00 bits per heavy atom. The van der Waals surface area contributed by atoms with Crippen molar-refractivity contribution >= 4 is 21.6 Å². The second-order valence-corrected chi connectivity index (χ2v) is 3.84. The van der Waals surface area contributed by atoms with Gasteiger partial charge in [-0.3, -0.25) is 0 Å². The van der Waals surface area contributed by atoms with Crippen LogP contribution in [-0.2, 0) is 6.42 Å². The second kappa shape index (κ2) is 2.87. The Kier molecular flexibility index (Phi) is 1.85. The molecule has 2 rings (SSSR count). The third-order valence-corrected chi connectivity index (χ3v) is 3.01. The molecule has 1 heterocycles.